The molecule has 1 aliphatic rings. The Hall–Kier alpha value is -4.12. The number of oxazole rings is 1. The van der Waals surface area contributed by atoms with Gasteiger partial charge in [-0.25, -0.2) is 9.78 Å². The highest BCUT2D eigenvalue weighted by Gasteiger charge is 2.31. The van der Waals surface area contributed by atoms with Crippen molar-refractivity contribution >= 4 is 44.5 Å². The zero-order chi connectivity index (χ0) is 23.4. The zero-order valence-electron chi connectivity index (χ0n) is 17.9. The second kappa shape index (κ2) is 7.73. The first-order chi connectivity index (χ1) is 16.5. The van der Waals surface area contributed by atoms with Gasteiger partial charge >= 0.3 is 5.76 Å². The first-order valence-corrected chi connectivity index (χ1v) is 11.4. The Morgan fingerprint density at radius 2 is 2.06 bits per heavy atom. The van der Waals surface area contributed by atoms with Crippen LogP contribution in [0.1, 0.15) is 35.9 Å². The van der Waals surface area contributed by atoms with Gasteiger partial charge < -0.3 is 8.94 Å². The van der Waals surface area contributed by atoms with E-state index in [0.717, 1.165) is 21.3 Å². The van der Waals surface area contributed by atoms with Crippen LogP contribution in [0.25, 0.3) is 32.1 Å². The van der Waals surface area contributed by atoms with Gasteiger partial charge in [-0.2, -0.15) is 4.98 Å². The highest BCUT2D eigenvalue weighted by molar-refractivity contribution is 7.21. The number of aryl methyl sites for hydroxylation is 1. The van der Waals surface area contributed by atoms with E-state index >= 15 is 0 Å². The lowest BCUT2D eigenvalue weighted by Crippen LogP contribution is -2.43. The summed E-state index contributed by atoms with van der Waals surface area (Å²) in [4.78, 5) is 45.4. The first kappa shape index (κ1) is 20.5. The number of thiazole rings is 1. The van der Waals surface area contributed by atoms with E-state index in [-0.39, 0.29) is 18.7 Å². The molecule has 170 valence electrons. The maximum absolute atomic E-state index is 12.5. The van der Waals surface area contributed by atoms with E-state index in [4.69, 9.17) is 8.94 Å². The predicted molar refractivity (Wildman–Crippen MR) is 122 cm³/mol. The van der Waals surface area contributed by atoms with Crippen molar-refractivity contribution in [1.82, 2.24) is 25.0 Å². The summed E-state index contributed by atoms with van der Waals surface area (Å²) < 4.78 is 13.1. The minimum atomic E-state index is -0.806. The van der Waals surface area contributed by atoms with E-state index in [1.807, 2.05) is 25.1 Å². The molecule has 1 unspecified atom stereocenters. The van der Waals surface area contributed by atoms with Crippen LogP contribution >= 0.6 is 11.3 Å². The van der Waals surface area contributed by atoms with Gasteiger partial charge in [0.05, 0.1) is 22.2 Å². The molecule has 10 nitrogen and oxygen atoms in total. The third-order valence-corrected chi connectivity index (χ3v) is 6.85. The number of fused-ring (bicyclic) bond motifs is 2. The van der Waals surface area contributed by atoms with E-state index < -0.39 is 17.7 Å². The summed E-state index contributed by atoms with van der Waals surface area (Å²) in [6, 6.07) is 10.4. The first-order valence-electron chi connectivity index (χ1n) is 10.6. The summed E-state index contributed by atoms with van der Waals surface area (Å²) in [7, 11) is 0. The molecule has 34 heavy (non-hydrogen) atoms. The van der Waals surface area contributed by atoms with E-state index in [0.29, 0.717) is 34.2 Å². The minimum Gasteiger partial charge on any atom is -0.408 e. The molecule has 11 heteroatoms. The van der Waals surface area contributed by atoms with Gasteiger partial charge in [0.2, 0.25) is 23.5 Å². The largest absolute Gasteiger partial charge is 0.420 e. The number of aromatic nitrogens is 4. The molecule has 3 aromatic heterocycles. The quantitative estimate of drug-likeness (QED) is 0.392. The van der Waals surface area contributed by atoms with Crippen molar-refractivity contribution in [3.05, 3.63) is 64.0 Å². The fraction of sp³-hybridized carbons (Fsp3) is 0.217. The number of carbonyl (C=O) groups is 2. The van der Waals surface area contributed by atoms with Crippen LogP contribution in [0.2, 0.25) is 0 Å². The van der Waals surface area contributed by atoms with E-state index in [2.05, 4.69) is 20.4 Å². The monoisotopic (exact) mass is 475 g/mol. The predicted octanol–water partition coefficient (Wildman–Crippen LogP) is 3.13. The van der Waals surface area contributed by atoms with E-state index in [9.17, 15) is 14.4 Å². The van der Waals surface area contributed by atoms with Crippen LogP contribution in [-0.2, 0) is 16.0 Å². The Labute approximate surface area is 195 Å². The number of benzene rings is 2. The Kier molecular flexibility index (Phi) is 4.66. The van der Waals surface area contributed by atoms with Crippen LogP contribution in [0.4, 0.5) is 0 Å². The van der Waals surface area contributed by atoms with Crippen molar-refractivity contribution < 1.29 is 18.5 Å². The number of para-hydroxylation sites is 1. The molecule has 5 aromatic rings. The standard InChI is InChI=1S/C23H17N5O5S/c1-11-3-2-4-16-19(11)26-22(34-16)20-25-18(33-27-20)10-12-5-7-15-14(9-12)28(23(31)32-15)13-6-8-17(29)24-21(13)30/h2-5,7,9,13H,6,8,10H2,1H3,(H,24,29,30). The average molecular weight is 475 g/mol. The molecule has 1 fully saturated rings. The third kappa shape index (κ3) is 3.41. The van der Waals surface area contributed by atoms with Gasteiger partial charge in [0, 0.05) is 6.42 Å². The number of carbonyl (C=O) groups excluding carboxylic acids is 2. The molecule has 6 rings (SSSR count). The molecule has 0 saturated carbocycles. The minimum absolute atomic E-state index is 0.158. The molecule has 1 aliphatic heterocycles. The van der Waals surface area contributed by atoms with Crippen molar-refractivity contribution in [3.8, 4) is 10.8 Å². The molecular formula is C23H17N5O5S. The highest BCUT2D eigenvalue weighted by atomic mass is 32.1. The summed E-state index contributed by atoms with van der Waals surface area (Å²) in [5.41, 5.74) is 3.63. The number of piperidine rings is 1. The number of imide groups is 1. The maximum atomic E-state index is 12.5. The molecule has 0 bridgehead atoms. The molecule has 4 heterocycles. The van der Waals surface area contributed by atoms with Crippen LogP contribution in [0.15, 0.2) is 50.1 Å². The van der Waals surface area contributed by atoms with Crippen molar-refractivity contribution in [2.75, 3.05) is 0 Å². The van der Waals surface area contributed by atoms with E-state index in [1.54, 1.807) is 18.2 Å². The number of nitrogens with zero attached hydrogens (tertiary/aromatic N) is 4. The number of nitrogens with one attached hydrogen (secondary N) is 1. The molecule has 0 spiro atoms. The second-order valence-electron chi connectivity index (χ2n) is 8.14. The summed E-state index contributed by atoms with van der Waals surface area (Å²) in [6.45, 7) is 2.01. The summed E-state index contributed by atoms with van der Waals surface area (Å²) in [5.74, 6) is -0.700. The number of hydrogen-bond donors (Lipinski definition) is 1. The van der Waals surface area contributed by atoms with Crippen LogP contribution in [0.5, 0.6) is 0 Å². The van der Waals surface area contributed by atoms with Crippen molar-refractivity contribution in [3.63, 3.8) is 0 Å². The zero-order valence-corrected chi connectivity index (χ0v) is 18.7. The van der Waals surface area contributed by atoms with Gasteiger partial charge in [0.25, 0.3) is 0 Å². The van der Waals surface area contributed by atoms with Gasteiger partial charge in [-0.3, -0.25) is 19.5 Å². The lowest BCUT2D eigenvalue weighted by atomic mass is 10.1. The maximum Gasteiger partial charge on any atom is 0.420 e. The van der Waals surface area contributed by atoms with E-state index in [1.165, 1.54) is 15.9 Å². The average Bonchev–Trinajstić information content (AvgIpc) is 3.51. The normalized spacial score (nSPS) is 16.4. The van der Waals surface area contributed by atoms with Crippen molar-refractivity contribution in [2.45, 2.75) is 32.2 Å². The SMILES string of the molecule is Cc1cccc2sc(-c3noc(Cc4ccc5oc(=O)n(C6CCC(=O)NC6=O)c5c4)n3)nc12. The highest BCUT2D eigenvalue weighted by Crippen LogP contribution is 2.30. The van der Waals surface area contributed by atoms with Crippen molar-refractivity contribution in [2.24, 2.45) is 0 Å². The topological polar surface area (TPSA) is 133 Å². The Morgan fingerprint density at radius 3 is 2.88 bits per heavy atom. The van der Waals surface area contributed by atoms with Gasteiger partial charge in [-0.05, 0) is 42.7 Å². The van der Waals surface area contributed by atoms with Gasteiger partial charge in [0.15, 0.2) is 10.6 Å². The van der Waals surface area contributed by atoms with Crippen molar-refractivity contribution in [1.29, 1.82) is 0 Å². The second-order valence-corrected chi connectivity index (χ2v) is 9.17. The summed E-state index contributed by atoms with van der Waals surface area (Å²) >= 11 is 1.50. The van der Waals surface area contributed by atoms with Gasteiger partial charge in [-0.1, -0.05) is 23.4 Å². The molecule has 2 aromatic carbocycles. The Morgan fingerprint density at radius 1 is 1.18 bits per heavy atom. The third-order valence-electron chi connectivity index (χ3n) is 5.83. The number of rotatable bonds is 4. The number of amides is 2. The van der Waals surface area contributed by atoms with Gasteiger partial charge in [-0.15, -0.1) is 11.3 Å². The Balaban J connectivity index is 1.31. The van der Waals surface area contributed by atoms with Crippen LogP contribution in [0, 0.1) is 6.92 Å². The molecule has 0 radical (unpaired) electrons. The van der Waals surface area contributed by atoms with Crippen LogP contribution < -0.4 is 11.1 Å². The van der Waals surface area contributed by atoms with Crippen LogP contribution in [-0.4, -0.2) is 31.5 Å². The molecule has 1 N–H and O–H groups in total. The summed E-state index contributed by atoms with van der Waals surface area (Å²) in [6.07, 6.45) is 0.713. The molecule has 0 aliphatic carbocycles. The molecule has 2 amide bonds. The fourth-order valence-corrected chi connectivity index (χ4v) is 5.15. The lowest BCUT2D eigenvalue weighted by molar-refractivity contribution is -0.135. The molecule has 1 atom stereocenters. The summed E-state index contributed by atoms with van der Waals surface area (Å²) in [5, 5.41) is 7.04. The fourth-order valence-electron chi connectivity index (χ4n) is 4.18. The lowest BCUT2D eigenvalue weighted by Gasteiger charge is -2.21. The molecular weight excluding hydrogens is 458 g/mol. The molecule has 1 saturated heterocycles. The Bertz CT molecular complexity index is 1660. The number of hydrogen-bond acceptors (Lipinski definition) is 9. The van der Waals surface area contributed by atoms with Crippen LogP contribution in [0.3, 0.4) is 0 Å². The smallest absolute Gasteiger partial charge is 0.408 e. The van der Waals surface area contributed by atoms with Gasteiger partial charge in [0.1, 0.15) is 6.04 Å².